The van der Waals surface area contributed by atoms with Crippen molar-refractivity contribution in [3.63, 3.8) is 0 Å². The summed E-state index contributed by atoms with van der Waals surface area (Å²) in [7, 11) is 0. The van der Waals surface area contributed by atoms with E-state index in [2.05, 4.69) is 34.0 Å². The smallest absolute Gasteiger partial charge is 0.224 e. The average molecular weight is 423 g/mol. The SMILES string of the molecule is Cl.NCC(NC(=O)Cc1cccc(I)c1)C1CCCCC1. The Balaban J connectivity index is 0.00000220. The molecule has 3 N–H and O–H groups in total. The molecule has 0 radical (unpaired) electrons. The van der Waals surface area contributed by atoms with Gasteiger partial charge in [0.05, 0.1) is 6.42 Å². The second-order valence-corrected chi connectivity index (χ2v) is 6.86. The monoisotopic (exact) mass is 422 g/mol. The maximum Gasteiger partial charge on any atom is 0.224 e. The first-order valence-electron chi connectivity index (χ1n) is 7.43. The molecular weight excluding hydrogens is 399 g/mol. The molecule has 0 heterocycles. The summed E-state index contributed by atoms with van der Waals surface area (Å²) in [4.78, 5) is 12.2. The number of nitrogens with one attached hydrogen (secondary N) is 1. The minimum Gasteiger partial charge on any atom is -0.352 e. The minimum atomic E-state index is 0. The third-order valence-electron chi connectivity index (χ3n) is 4.07. The fourth-order valence-corrected chi connectivity index (χ4v) is 3.60. The molecule has 1 aromatic rings. The van der Waals surface area contributed by atoms with Gasteiger partial charge in [-0.3, -0.25) is 4.79 Å². The molecule has 3 nitrogen and oxygen atoms in total. The zero-order valence-corrected chi connectivity index (χ0v) is 15.2. The molecule has 1 saturated carbocycles. The molecule has 1 aliphatic carbocycles. The van der Waals surface area contributed by atoms with E-state index in [4.69, 9.17) is 5.73 Å². The Morgan fingerprint density at radius 1 is 1.33 bits per heavy atom. The van der Waals surface area contributed by atoms with E-state index in [0.717, 1.165) is 9.13 Å². The molecule has 21 heavy (non-hydrogen) atoms. The zero-order valence-electron chi connectivity index (χ0n) is 12.2. The molecule has 1 unspecified atom stereocenters. The lowest BCUT2D eigenvalue weighted by Gasteiger charge is -2.30. The summed E-state index contributed by atoms with van der Waals surface area (Å²) in [6.07, 6.45) is 6.71. The Morgan fingerprint density at radius 3 is 2.67 bits per heavy atom. The third kappa shape index (κ3) is 6.12. The van der Waals surface area contributed by atoms with Crippen molar-refractivity contribution in [2.24, 2.45) is 11.7 Å². The average Bonchev–Trinajstić information content (AvgIpc) is 2.45. The van der Waals surface area contributed by atoms with Crippen molar-refractivity contribution in [2.75, 3.05) is 6.54 Å². The lowest BCUT2D eigenvalue weighted by atomic mass is 9.84. The number of carbonyl (C=O) groups excluding carboxylic acids is 1. The van der Waals surface area contributed by atoms with Gasteiger partial charge in [-0.1, -0.05) is 31.4 Å². The summed E-state index contributed by atoms with van der Waals surface area (Å²) < 4.78 is 1.16. The number of hydrogen-bond acceptors (Lipinski definition) is 2. The van der Waals surface area contributed by atoms with Crippen LogP contribution in [0.25, 0.3) is 0 Å². The Labute approximate surface area is 147 Å². The zero-order chi connectivity index (χ0) is 14.4. The van der Waals surface area contributed by atoms with Gasteiger partial charge in [-0.05, 0) is 59.0 Å². The Bertz CT molecular complexity index is 450. The standard InChI is InChI=1S/C16H23IN2O.ClH/c17-14-8-4-5-12(9-14)10-16(20)19-15(11-18)13-6-2-1-3-7-13;/h4-5,8-9,13,15H,1-3,6-7,10-11,18H2,(H,19,20);1H. The highest BCUT2D eigenvalue weighted by molar-refractivity contribution is 14.1. The lowest BCUT2D eigenvalue weighted by Crippen LogP contribution is -2.46. The molecule has 0 aromatic heterocycles. The molecule has 1 amide bonds. The predicted octanol–water partition coefficient (Wildman–Crippen LogP) is 3.28. The topological polar surface area (TPSA) is 55.1 Å². The molecule has 1 aliphatic rings. The van der Waals surface area contributed by atoms with E-state index in [1.165, 1.54) is 32.1 Å². The van der Waals surface area contributed by atoms with Crippen molar-refractivity contribution in [2.45, 2.75) is 44.6 Å². The summed E-state index contributed by atoms with van der Waals surface area (Å²) in [5, 5.41) is 3.14. The summed E-state index contributed by atoms with van der Waals surface area (Å²) >= 11 is 2.27. The van der Waals surface area contributed by atoms with Crippen LogP contribution >= 0.6 is 35.0 Å². The van der Waals surface area contributed by atoms with Gasteiger partial charge < -0.3 is 11.1 Å². The lowest BCUT2D eigenvalue weighted by molar-refractivity contribution is -0.121. The second kappa shape index (κ2) is 9.64. The van der Waals surface area contributed by atoms with Crippen LogP contribution in [-0.4, -0.2) is 18.5 Å². The number of benzene rings is 1. The van der Waals surface area contributed by atoms with E-state index in [9.17, 15) is 4.79 Å². The number of halogens is 2. The molecule has 0 saturated heterocycles. The van der Waals surface area contributed by atoms with Gasteiger partial charge in [-0.15, -0.1) is 12.4 Å². The highest BCUT2D eigenvalue weighted by atomic mass is 127. The first-order valence-corrected chi connectivity index (χ1v) is 8.51. The molecule has 2 rings (SSSR count). The van der Waals surface area contributed by atoms with Gasteiger partial charge in [0.15, 0.2) is 0 Å². The summed E-state index contributed by atoms with van der Waals surface area (Å²) in [5.41, 5.74) is 6.92. The Morgan fingerprint density at radius 2 is 2.05 bits per heavy atom. The fraction of sp³-hybridized carbons (Fsp3) is 0.562. The van der Waals surface area contributed by atoms with Crippen LogP contribution in [0.15, 0.2) is 24.3 Å². The van der Waals surface area contributed by atoms with Gasteiger partial charge in [0, 0.05) is 16.2 Å². The van der Waals surface area contributed by atoms with Crippen LogP contribution in [0.4, 0.5) is 0 Å². The van der Waals surface area contributed by atoms with Crippen molar-refractivity contribution in [3.8, 4) is 0 Å². The molecule has 0 aliphatic heterocycles. The van der Waals surface area contributed by atoms with Crippen LogP contribution in [0, 0.1) is 9.49 Å². The normalized spacial score (nSPS) is 16.9. The fourth-order valence-electron chi connectivity index (χ4n) is 3.00. The Kier molecular flexibility index (Phi) is 8.59. The largest absolute Gasteiger partial charge is 0.352 e. The van der Waals surface area contributed by atoms with Gasteiger partial charge in [0.25, 0.3) is 0 Å². The third-order valence-corrected chi connectivity index (χ3v) is 4.74. The highest BCUT2D eigenvalue weighted by Crippen LogP contribution is 2.26. The van der Waals surface area contributed by atoms with E-state index in [1.807, 2.05) is 18.2 Å². The van der Waals surface area contributed by atoms with Crippen molar-refractivity contribution in [3.05, 3.63) is 33.4 Å². The van der Waals surface area contributed by atoms with Crippen LogP contribution in [-0.2, 0) is 11.2 Å². The van der Waals surface area contributed by atoms with E-state index < -0.39 is 0 Å². The predicted molar refractivity (Wildman–Crippen MR) is 97.7 cm³/mol. The van der Waals surface area contributed by atoms with Crippen LogP contribution in [0.1, 0.15) is 37.7 Å². The van der Waals surface area contributed by atoms with Crippen molar-refractivity contribution in [1.29, 1.82) is 0 Å². The minimum absolute atomic E-state index is 0. The number of amides is 1. The molecule has 1 aromatic carbocycles. The summed E-state index contributed by atoms with van der Waals surface area (Å²) in [6.45, 7) is 0.544. The number of carbonyl (C=O) groups is 1. The molecule has 1 atom stereocenters. The number of rotatable bonds is 5. The molecular formula is C16H24ClIN2O. The second-order valence-electron chi connectivity index (χ2n) is 5.61. The highest BCUT2D eigenvalue weighted by Gasteiger charge is 2.23. The van der Waals surface area contributed by atoms with E-state index >= 15 is 0 Å². The van der Waals surface area contributed by atoms with Crippen molar-refractivity contribution in [1.82, 2.24) is 5.32 Å². The van der Waals surface area contributed by atoms with Gasteiger partial charge in [-0.25, -0.2) is 0 Å². The molecule has 0 bridgehead atoms. The molecule has 1 fully saturated rings. The first-order chi connectivity index (χ1) is 9.69. The van der Waals surface area contributed by atoms with E-state index in [-0.39, 0.29) is 24.4 Å². The van der Waals surface area contributed by atoms with Gasteiger partial charge >= 0.3 is 0 Å². The van der Waals surface area contributed by atoms with Crippen LogP contribution in [0.3, 0.4) is 0 Å². The molecule has 118 valence electrons. The van der Waals surface area contributed by atoms with Crippen molar-refractivity contribution < 1.29 is 4.79 Å². The van der Waals surface area contributed by atoms with Crippen molar-refractivity contribution >= 4 is 40.9 Å². The van der Waals surface area contributed by atoms with E-state index in [1.54, 1.807) is 0 Å². The van der Waals surface area contributed by atoms with Gasteiger partial charge in [0.2, 0.25) is 5.91 Å². The summed E-state index contributed by atoms with van der Waals surface area (Å²) in [6, 6.07) is 8.22. The molecule has 0 spiro atoms. The van der Waals surface area contributed by atoms with Crippen LogP contribution < -0.4 is 11.1 Å². The Hall–Kier alpha value is -0.330. The maximum atomic E-state index is 12.2. The quantitative estimate of drug-likeness (QED) is 0.716. The maximum absolute atomic E-state index is 12.2. The number of hydrogen-bond donors (Lipinski definition) is 2. The van der Waals surface area contributed by atoms with Gasteiger partial charge in [0.1, 0.15) is 0 Å². The number of nitrogens with two attached hydrogens (primary N) is 1. The van der Waals surface area contributed by atoms with E-state index in [0.29, 0.717) is 18.9 Å². The summed E-state index contributed by atoms with van der Waals surface area (Å²) in [5.74, 6) is 0.654. The van der Waals surface area contributed by atoms with Crippen LogP contribution in [0.5, 0.6) is 0 Å². The van der Waals surface area contributed by atoms with Gasteiger partial charge in [-0.2, -0.15) is 0 Å². The molecule has 5 heteroatoms. The van der Waals surface area contributed by atoms with Crippen LogP contribution in [0.2, 0.25) is 0 Å². The first kappa shape index (κ1) is 18.7.